The number of carbonyl (C=O) groups is 2. The molecule has 1 aliphatic carbocycles. The Bertz CT molecular complexity index is 944. The summed E-state index contributed by atoms with van der Waals surface area (Å²) in [6.07, 6.45) is 2.01. The molecule has 3 fully saturated rings. The summed E-state index contributed by atoms with van der Waals surface area (Å²) in [7, 11) is -3.52. The summed E-state index contributed by atoms with van der Waals surface area (Å²) in [5.41, 5.74) is 2.03. The minimum Gasteiger partial charge on any atom is -0.339 e. The molecule has 1 aromatic rings. The molecule has 31 heavy (non-hydrogen) atoms. The van der Waals surface area contributed by atoms with Crippen molar-refractivity contribution in [2.75, 3.05) is 58.9 Å². The van der Waals surface area contributed by atoms with Crippen LogP contribution < -0.4 is 0 Å². The number of hydrogen-bond acceptors (Lipinski definition) is 5. The topological polar surface area (TPSA) is 81.2 Å². The lowest BCUT2D eigenvalue weighted by Crippen LogP contribution is -2.55. The maximum absolute atomic E-state index is 13.0. The van der Waals surface area contributed by atoms with Gasteiger partial charge in [0.15, 0.2) is 0 Å². The van der Waals surface area contributed by atoms with Gasteiger partial charge in [-0.05, 0) is 49.9 Å². The number of rotatable bonds is 5. The molecule has 4 rings (SSSR count). The van der Waals surface area contributed by atoms with Crippen molar-refractivity contribution in [1.29, 1.82) is 0 Å². The van der Waals surface area contributed by atoms with Gasteiger partial charge in [0, 0.05) is 58.3 Å². The molecule has 3 aliphatic rings. The van der Waals surface area contributed by atoms with E-state index in [1.807, 2.05) is 34.6 Å². The van der Waals surface area contributed by atoms with Gasteiger partial charge < -0.3 is 9.80 Å². The molecular formula is C22H32N4O4S. The van der Waals surface area contributed by atoms with Crippen molar-refractivity contribution in [2.45, 2.75) is 31.6 Å². The Kier molecular flexibility index (Phi) is 6.37. The van der Waals surface area contributed by atoms with Crippen LogP contribution in [0.2, 0.25) is 0 Å². The highest BCUT2D eigenvalue weighted by molar-refractivity contribution is 7.89. The molecule has 2 amide bonds. The zero-order chi connectivity index (χ0) is 22.2. The number of amides is 2. The predicted octanol–water partition coefficient (Wildman–Crippen LogP) is 0.691. The van der Waals surface area contributed by atoms with E-state index in [2.05, 4.69) is 0 Å². The monoisotopic (exact) mass is 448 g/mol. The summed E-state index contributed by atoms with van der Waals surface area (Å²) in [5, 5.41) is 0. The van der Waals surface area contributed by atoms with Gasteiger partial charge in [-0.1, -0.05) is 6.07 Å². The molecule has 0 radical (unpaired) electrons. The Hall–Kier alpha value is -1.97. The van der Waals surface area contributed by atoms with Crippen LogP contribution in [0, 0.1) is 19.8 Å². The lowest BCUT2D eigenvalue weighted by molar-refractivity contribution is -0.141. The number of hydrogen-bond donors (Lipinski definition) is 0. The second-order valence-electron chi connectivity index (χ2n) is 8.91. The second-order valence-corrected chi connectivity index (χ2v) is 10.8. The summed E-state index contributed by atoms with van der Waals surface area (Å²) < 4.78 is 27.4. The van der Waals surface area contributed by atoms with E-state index in [0.717, 1.165) is 24.0 Å². The fourth-order valence-electron chi connectivity index (χ4n) is 4.21. The van der Waals surface area contributed by atoms with Crippen molar-refractivity contribution in [3.63, 3.8) is 0 Å². The standard InChI is InChI=1S/C22H32N4O4S/c1-17-3-6-20(15-18(17)2)31(29,30)26-13-7-23(8-14-26)16-21(27)24-9-11-25(12-10-24)22(28)19-4-5-19/h3,6,15,19H,4-5,7-14,16H2,1-2H3. The third kappa shape index (κ3) is 4.94. The van der Waals surface area contributed by atoms with Gasteiger partial charge in [-0.15, -0.1) is 0 Å². The summed E-state index contributed by atoms with van der Waals surface area (Å²) in [4.78, 5) is 30.9. The van der Waals surface area contributed by atoms with E-state index in [9.17, 15) is 18.0 Å². The quantitative estimate of drug-likeness (QED) is 0.662. The predicted molar refractivity (Wildman–Crippen MR) is 117 cm³/mol. The van der Waals surface area contributed by atoms with Crippen molar-refractivity contribution in [3.05, 3.63) is 29.3 Å². The number of carbonyl (C=O) groups excluding carboxylic acids is 2. The molecule has 0 N–H and O–H groups in total. The molecule has 0 spiro atoms. The molecule has 1 saturated carbocycles. The van der Waals surface area contributed by atoms with Crippen molar-refractivity contribution in [2.24, 2.45) is 5.92 Å². The first-order valence-corrected chi connectivity index (χ1v) is 12.6. The van der Waals surface area contributed by atoms with Crippen molar-refractivity contribution < 1.29 is 18.0 Å². The van der Waals surface area contributed by atoms with Crippen LogP contribution >= 0.6 is 0 Å². The molecule has 2 heterocycles. The van der Waals surface area contributed by atoms with E-state index in [1.165, 1.54) is 4.31 Å². The molecule has 2 saturated heterocycles. The molecule has 0 unspecified atom stereocenters. The van der Waals surface area contributed by atoms with E-state index < -0.39 is 10.0 Å². The average Bonchev–Trinajstić information content (AvgIpc) is 3.61. The van der Waals surface area contributed by atoms with Gasteiger partial charge in [-0.3, -0.25) is 14.5 Å². The zero-order valence-electron chi connectivity index (χ0n) is 18.4. The highest BCUT2D eigenvalue weighted by Crippen LogP contribution is 2.31. The SMILES string of the molecule is Cc1ccc(S(=O)(=O)N2CCN(CC(=O)N3CCN(C(=O)C4CC4)CC3)CC2)cc1C. The highest BCUT2D eigenvalue weighted by Gasteiger charge is 2.35. The number of aryl methyl sites for hydroxylation is 2. The van der Waals surface area contributed by atoms with E-state index in [0.29, 0.717) is 63.8 Å². The van der Waals surface area contributed by atoms with Crippen molar-refractivity contribution >= 4 is 21.8 Å². The fraction of sp³-hybridized carbons (Fsp3) is 0.636. The third-order valence-electron chi connectivity index (χ3n) is 6.68. The molecule has 170 valence electrons. The van der Waals surface area contributed by atoms with E-state index in [-0.39, 0.29) is 17.7 Å². The number of piperazine rings is 2. The summed E-state index contributed by atoms with van der Waals surface area (Å²) >= 11 is 0. The Balaban J connectivity index is 1.25. The first-order valence-electron chi connectivity index (χ1n) is 11.1. The van der Waals surface area contributed by atoms with Crippen molar-refractivity contribution in [1.82, 2.24) is 19.0 Å². The van der Waals surface area contributed by atoms with Crippen LogP contribution in [0.5, 0.6) is 0 Å². The number of benzene rings is 1. The lowest BCUT2D eigenvalue weighted by Gasteiger charge is -2.37. The minimum absolute atomic E-state index is 0.0592. The van der Waals surface area contributed by atoms with E-state index in [4.69, 9.17) is 0 Å². The van der Waals surface area contributed by atoms with Crippen molar-refractivity contribution in [3.8, 4) is 0 Å². The molecular weight excluding hydrogens is 416 g/mol. The van der Waals surface area contributed by atoms with Crippen LogP contribution in [-0.4, -0.2) is 98.1 Å². The van der Waals surface area contributed by atoms with Gasteiger partial charge in [-0.2, -0.15) is 4.31 Å². The minimum atomic E-state index is -3.52. The van der Waals surface area contributed by atoms with E-state index in [1.54, 1.807) is 12.1 Å². The molecule has 0 atom stereocenters. The molecule has 0 aromatic heterocycles. The van der Waals surface area contributed by atoms with Gasteiger partial charge in [-0.25, -0.2) is 8.42 Å². The third-order valence-corrected chi connectivity index (χ3v) is 8.57. The maximum atomic E-state index is 13.0. The zero-order valence-corrected chi connectivity index (χ0v) is 19.2. The highest BCUT2D eigenvalue weighted by atomic mass is 32.2. The Morgan fingerprint density at radius 2 is 1.48 bits per heavy atom. The summed E-state index contributed by atoms with van der Waals surface area (Å²) in [5.74, 6) is 0.524. The smallest absolute Gasteiger partial charge is 0.243 e. The Labute approximate surface area is 184 Å². The van der Waals surface area contributed by atoms with Crippen LogP contribution in [0.25, 0.3) is 0 Å². The van der Waals surface area contributed by atoms with Gasteiger partial charge in [0.05, 0.1) is 11.4 Å². The first-order chi connectivity index (χ1) is 14.8. The van der Waals surface area contributed by atoms with Crippen LogP contribution in [0.1, 0.15) is 24.0 Å². The van der Waals surface area contributed by atoms with Crippen LogP contribution in [0.15, 0.2) is 23.1 Å². The second kappa shape index (κ2) is 8.88. The maximum Gasteiger partial charge on any atom is 0.243 e. The Morgan fingerprint density at radius 3 is 2.06 bits per heavy atom. The molecule has 9 heteroatoms. The Morgan fingerprint density at radius 1 is 0.871 bits per heavy atom. The molecule has 2 aliphatic heterocycles. The molecule has 8 nitrogen and oxygen atoms in total. The van der Waals surface area contributed by atoms with Crippen LogP contribution in [0.3, 0.4) is 0 Å². The summed E-state index contributed by atoms with van der Waals surface area (Å²) in [6, 6.07) is 5.24. The average molecular weight is 449 g/mol. The van der Waals surface area contributed by atoms with Crippen LogP contribution in [-0.2, 0) is 19.6 Å². The fourth-order valence-corrected chi connectivity index (χ4v) is 5.72. The van der Waals surface area contributed by atoms with Gasteiger partial charge in [0.1, 0.15) is 0 Å². The normalized spacial score (nSPS) is 21.4. The van der Waals surface area contributed by atoms with Gasteiger partial charge in [0.2, 0.25) is 21.8 Å². The lowest BCUT2D eigenvalue weighted by atomic mass is 10.1. The number of nitrogens with zero attached hydrogens (tertiary/aromatic N) is 4. The van der Waals surface area contributed by atoms with Gasteiger partial charge >= 0.3 is 0 Å². The molecule has 1 aromatic carbocycles. The first kappa shape index (κ1) is 22.2. The van der Waals surface area contributed by atoms with Crippen LogP contribution in [0.4, 0.5) is 0 Å². The van der Waals surface area contributed by atoms with Gasteiger partial charge in [0.25, 0.3) is 0 Å². The number of sulfonamides is 1. The summed E-state index contributed by atoms with van der Waals surface area (Å²) in [6.45, 7) is 8.41. The van der Waals surface area contributed by atoms with E-state index >= 15 is 0 Å². The largest absolute Gasteiger partial charge is 0.339 e. The molecule has 0 bridgehead atoms.